The molecule has 0 aliphatic carbocycles. The molecule has 0 saturated heterocycles. The number of halogens is 3. The van der Waals surface area contributed by atoms with Crippen LogP contribution in [0.5, 0.6) is 5.75 Å². The van der Waals surface area contributed by atoms with E-state index >= 15 is 0 Å². The molecule has 0 radical (unpaired) electrons. The lowest BCUT2D eigenvalue weighted by molar-refractivity contribution is -0.274. The maximum atomic E-state index is 12.5. The first-order chi connectivity index (χ1) is 21.8. The molecule has 0 aliphatic heterocycles. The van der Waals surface area contributed by atoms with Gasteiger partial charge >= 0.3 is 6.36 Å². The standard InChI is InChI=1S/C34H37F3N6O2S/c1-20(2)29-16-7-21(3)17-30(29)43-22(4)18-46-33(43)40-32(44)39-24(6)23(5)25-8-10-26(11-9-25)31-38-19-42(41-31)27-12-14-28(15-13-27)45-34(35,36)37/h7-20,23-24,32,39,44H,1-6H3/b40-33-. The van der Waals surface area contributed by atoms with Crippen LogP contribution in [0.1, 0.15) is 61.9 Å². The van der Waals surface area contributed by atoms with Crippen LogP contribution in [-0.2, 0) is 0 Å². The summed E-state index contributed by atoms with van der Waals surface area (Å²) in [6.07, 6.45) is -4.35. The molecule has 2 aromatic heterocycles. The van der Waals surface area contributed by atoms with E-state index in [1.807, 2.05) is 43.5 Å². The summed E-state index contributed by atoms with van der Waals surface area (Å²) < 4.78 is 44.9. The monoisotopic (exact) mass is 650 g/mol. The van der Waals surface area contributed by atoms with Crippen molar-refractivity contribution in [2.75, 3.05) is 0 Å². The van der Waals surface area contributed by atoms with Crippen molar-refractivity contribution in [2.45, 2.75) is 72.1 Å². The normalized spacial score (nSPS) is 14.5. The molecule has 0 fully saturated rings. The number of hydrogen-bond acceptors (Lipinski definition) is 7. The number of alkyl halides is 3. The minimum atomic E-state index is -4.75. The molecule has 242 valence electrons. The number of rotatable bonds is 10. The summed E-state index contributed by atoms with van der Waals surface area (Å²) >= 11 is 1.50. The highest BCUT2D eigenvalue weighted by Crippen LogP contribution is 2.27. The molecular weight excluding hydrogens is 613 g/mol. The third-order valence-electron chi connectivity index (χ3n) is 7.84. The Morgan fingerprint density at radius 2 is 1.65 bits per heavy atom. The van der Waals surface area contributed by atoms with E-state index in [4.69, 9.17) is 0 Å². The van der Waals surface area contributed by atoms with Crippen molar-refractivity contribution >= 4 is 11.3 Å². The fourth-order valence-electron chi connectivity index (χ4n) is 5.18. The summed E-state index contributed by atoms with van der Waals surface area (Å²) in [4.78, 5) is 9.73. The first kappa shape index (κ1) is 33.1. The van der Waals surface area contributed by atoms with E-state index in [0.717, 1.165) is 28.1 Å². The molecule has 8 nitrogen and oxygen atoms in total. The number of nitrogens with zero attached hydrogens (tertiary/aromatic N) is 5. The van der Waals surface area contributed by atoms with E-state index in [9.17, 15) is 18.3 Å². The number of aromatic nitrogens is 4. The molecule has 0 spiro atoms. The minimum absolute atomic E-state index is 0.0448. The minimum Gasteiger partial charge on any atom is -0.406 e. The van der Waals surface area contributed by atoms with Crippen LogP contribution < -0.4 is 14.9 Å². The zero-order chi connectivity index (χ0) is 33.2. The molecule has 0 saturated carbocycles. The second-order valence-corrected chi connectivity index (χ2v) is 12.5. The lowest BCUT2D eigenvalue weighted by Gasteiger charge is -2.23. The summed E-state index contributed by atoms with van der Waals surface area (Å²) in [6, 6.07) is 19.6. The molecule has 3 atom stereocenters. The Kier molecular flexibility index (Phi) is 9.80. The first-order valence-corrected chi connectivity index (χ1v) is 15.8. The number of thiazole rings is 1. The summed E-state index contributed by atoms with van der Waals surface area (Å²) in [5, 5.41) is 20.7. The second-order valence-electron chi connectivity index (χ2n) is 11.6. The van der Waals surface area contributed by atoms with Gasteiger partial charge in [0.2, 0.25) is 6.35 Å². The number of ether oxygens (including phenoxy) is 1. The second kappa shape index (κ2) is 13.6. The summed E-state index contributed by atoms with van der Waals surface area (Å²) in [5.74, 6) is 0.547. The van der Waals surface area contributed by atoms with Gasteiger partial charge < -0.3 is 9.84 Å². The number of nitrogens with one attached hydrogen (secondary N) is 1. The van der Waals surface area contributed by atoms with Gasteiger partial charge in [0.25, 0.3) is 0 Å². The SMILES string of the molecule is Cc1ccc(C(C)C)c(-n2c(C)cs/c2=N\C(O)NC(C)C(C)c2ccc(-c3ncn(-c4ccc(OC(F)(F)F)cc4)n3)cc2)c1. The van der Waals surface area contributed by atoms with E-state index in [1.54, 1.807) is 0 Å². The lowest BCUT2D eigenvalue weighted by atomic mass is 9.93. The van der Waals surface area contributed by atoms with Crippen molar-refractivity contribution in [3.63, 3.8) is 0 Å². The molecule has 0 aliphatic rings. The molecule has 2 heterocycles. The van der Waals surface area contributed by atoms with E-state index in [1.165, 1.54) is 52.2 Å². The highest BCUT2D eigenvalue weighted by molar-refractivity contribution is 7.07. The summed E-state index contributed by atoms with van der Waals surface area (Å²) in [6.45, 7) is 12.6. The van der Waals surface area contributed by atoms with E-state index in [-0.39, 0.29) is 17.7 Å². The molecule has 0 amide bonds. The Balaban J connectivity index is 1.26. The third-order valence-corrected chi connectivity index (χ3v) is 8.80. The molecule has 46 heavy (non-hydrogen) atoms. The molecule has 2 N–H and O–H groups in total. The van der Waals surface area contributed by atoms with Gasteiger partial charge in [0.05, 0.1) is 11.4 Å². The van der Waals surface area contributed by atoms with Gasteiger partial charge in [0.15, 0.2) is 10.6 Å². The van der Waals surface area contributed by atoms with Gasteiger partial charge in [-0.3, -0.25) is 9.88 Å². The van der Waals surface area contributed by atoms with Crippen LogP contribution in [0.25, 0.3) is 22.8 Å². The average molecular weight is 651 g/mol. The molecule has 12 heteroatoms. The van der Waals surface area contributed by atoms with Crippen LogP contribution in [-0.4, -0.2) is 43.2 Å². The quantitative estimate of drug-likeness (QED) is 0.154. The van der Waals surface area contributed by atoms with E-state index in [0.29, 0.717) is 22.2 Å². The number of aliphatic hydroxyl groups excluding tert-OH is 1. The Hall–Kier alpha value is -4.26. The predicted molar refractivity (Wildman–Crippen MR) is 173 cm³/mol. The van der Waals surface area contributed by atoms with Gasteiger partial charge in [-0.1, -0.05) is 57.2 Å². The number of hydrogen-bond donors (Lipinski definition) is 2. The van der Waals surface area contributed by atoms with Crippen molar-refractivity contribution in [1.29, 1.82) is 0 Å². The van der Waals surface area contributed by atoms with Crippen molar-refractivity contribution < 1.29 is 23.0 Å². The summed E-state index contributed by atoms with van der Waals surface area (Å²) in [7, 11) is 0. The van der Waals surface area contributed by atoms with Gasteiger partial charge in [-0.15, -0.1) is 29.6 Å². The summed E-state index contributed by atoms with van der Waals surface area (Å²) in [5.41, 5.74) is 6.90. The molecular formula is C34H37F3N6O2S. The van der Waals surface area contributed by atoms with Crippen LogP contribution in [0, 0.1) is 13.8 Å². The molecule has 0 bridgehead atoms. The average Bonchev–Trinajstić information content (AvgIpc) is 3.63. The zero-order valence-electron chi connectivity index (χ0n) is 26.4. The largest absolute Gasteiger partial charge is 0.573 e. The van der Waals surface area contributed by atoms with Crippen LogP contribution in [0.4, 0.5) is 13.2 Å². The van der Waals surface area contributed by atoms with Crippen molar-refractivity contribution in [3.8, 4) is 28.5 Å². The van der Waals surface area contributed by atoms with E-state index in [2.05, 4.69) is 75.6 Å². The Labute approximate surface area is 269 Å². The molecule has 5 rings (SSSR count). The molecule has 3 unspecified atom stereocenters. The van der Waals surface area contributed by atoms with Crippen molar-refractivity contribution in [1.82, 2.24) is 24.6 Å². The highest BCUT2D eigenvalue weighted by atomic mass is 32.1. The van der Waals surface area contributed by atoms with Gasteiger partial charge in [-0.05, 0) is 79.6 Å². The highest BCUT2D eigenvalue weighted by Gasteiger charge is 2.31. The number of benzene rings is 3. The Bertz CT molecular complexity index is 1840. The molecule has 3 aromatic carbocycles. The predicted octanol–water partition coefficient (Wildman–Crippen LogP) is 7.38. The van der Waals surface area contributed by atoms with Gasteiger partial charge in [-0.2, -0.15) is 0 Å². The first-order valence-electron chi connectivity index (χ1n) is 14.9. The van der Waals surface area contributed by atoms with Crippen LogP contribution in [0.15, 0.2) is 83.4 Å². The van der Waals surface area contributed by atoms with Crippen molar-refractivity contribution in [3.05, 3.63) is 106 Å². The van der Waals surface area contributed by atoms with Gasteiger partial charge in [0, 0.05) is 22.7 Å². The maximum absolute atomic E-state index is 12.5. The third kappa shape index (κ3) is 7.75. The Morgan fingerprint density at radius 1 is 0.957 bits per heavy atom. The lowest BCUT2D eigenvalue weighted by Crippen LogP contribution is -2.39. The Morgan fingerprint density at radius 3 is 2.30 bits per heavy atom. The van der Waals surface area contributed by atoms with Crippen LogP contribution in [0.3, 0.4) is 0 Å². The van der Waals surface area contributed by atoms with E-state index < -0.39 is 12.7 Å². The maximum Gasteiger partial charge on any atom is 0.573 e. The number of aliphatic hydroxyl groups is 1. The topological polar surface area (TPSA) is 89.5 Å². The van der Waals surface area contributed by atoms with Gasteiger partial charge in [0.1, 0.15) is 12.1 Å². The number of aryl methyl sites for hydroxylation is 2. The smallest absolute Gasteiger partial charge is 0.406 e. The van der Waals surface area contributed by atoms with Gasteiger partial charge in [-0.25, -0.2) is 14.7 Å². The fraction of sp³-hybridized carbons (Fsp3) is 0.324. The van der Waals surface area contributed by atoms with Crippen LogP contribution >= 0.6 is 11.3 Å². The van der Waals surface area contributed by atoms with Crippen molar-refractivity contribution in [2.24, 2.45) is 4.99 Å². The molecule has 5 aromatic rings. The fourth-order valence-corrected chi connectivity index (χ4v) is 6.07. The zero-order valence-corrected chi connectivity index (χ0v) is 27.3. The van der Waals surface area contributed by atoms with Crippen LogP contribution in [0.2, 0.25) is 0 Å².